The normalized spacial score (nSPS) is 20.0. The van der Waals surface area contributed by atoms with Gasteiger partial charge in [-0.3, -0.25) is 9.69 Å². The highest BCUT2D eigenvalue weighted by atomic mass is 16.5. The Balaban J connectivity index is 1.29. The summed E-state index contributed by atoms with van der Waals surface area (Å²) >= 11 is 0. The first kappa shape index (κ1) is 19.2. The van der Waals surface area contributed by atoms with Gasteiger partial charge < -0.3 is 14.6 Å². The molecular formula is C22H30N4O2. The van der Waals surface area contributed by atoms with Gasteiger partial charge in [0, 0.05) is 44.7 Å². The van der Waals surface area contributed by atoms with Gasteiger partial charge in [0.2, 0.25) is 0 Å². The molecule has 0 saturated carbocycles. The molecular weight excluding hydrogens is 352 g/mol. The van der Waals surface area contributed by atoms with E-state index in [1.807, 2.05) is 6.20 Å². The average molecular weight is 383 g/mol. The van der Waals surface area contributed by atoms with Crippen LogP contribution < -0.4 is 5.32 Å². The molecule has 1 aromatic heterocycles. The predicted molar refractivity (Wildman–Crippen MR) is 109 cm³/mol. The molecule has 1 saturated heterocycles. The van der Waals surface area contributed by atoms with Crippen molar-refractivity contribution < 1.29 is 9.53 Å². The largest absolute Gasteiger partial charge is 0.379 e. The minimum atomic E-state index is -0.0593. The molecule has 6 nitrogen and oxygen atoms in total. The van der Waals surface area contributed by atoms with Gasteiger partial charge in [0.25, 0.3) is 5.91 Å². The van der Waals surface area contributed by atoms with Gasteiger partial charge in [-0.2, -0.15) is 0 Å². The number of hydrogen-bond acceptors (Lipinski definition) is 4. The van der Waals surface area contributed by atoms with Crippen LogP contribution in [0.4, 0.5) is 0 Å². The first-order valence-corrected chi connectivity index (χ1v) is 10.4. The third-order valence-electron chi connectivity index (χ3n) is 5.78. The molecule has 1 fully saturated rings. The fraction of sp³-hybridized carbons (Fsp3) is 0.545. The number of imidazole rings is 1. The van der Waals surface area contributed by atoms with Crippen LogP contribution in [0.2, 0.25) is 0 Å². The third-order valence-corrected chi connectivity index (χ3v) is 5.78. The summed E-state index contributed by atoms with van der Waals surface area (Å²) in [6.45, 7) is 8.33. The van der Waals surface area contributed by atoms with E-state index in [1.54, 1.807) is 0 Å². The average Bonchev–Trinajstić information content (AvgIpc) is 3.15. The summed E-state index contributed by atoms with van der Waals surface area (Å²) in [6.07, 6.45) is 4.88. The number of rotatable bonds is 6. The SMILES string of the molecule is Cc1cccc([C@H]2CCc3nc(C(=O)NCCCN4CCOCC4)cn3C2)c1. The van der Waals surface area contributed by atoms with Crippen molar-refractivity contribution in [2.24, 2.45) is 0 Å². The molecule has 28 heavy (non-hydrogen) atoms. The number of ether oxygens (including phenoxy) is 1. The lowest BCUT2D eigenvalue weighted by atomic mass is 9.91. The third kappa shape index (κ3) is 4.62. The Morgan fingerprint density at radius 2 is 2.18 bits per heavy atom. The second-order valence-electron chi connectivity index (χ2n) is 7.91. The Hall–Kier alpha value is -2.18. The van der Waals surface area contributed by atoms with Gasteiger partial charge >= 0.3 is 0 Å². The summed E-state index contributed by atoms with van der Waals surface area (Å²) in [5.41, 5.74) is 3.23. The molecule has 2 aromatic rings. The van der Waals surface area contributed by atoms with Crippen LogP contribution in [0.25, 0.3) is 0 Å². The predicted octanol–water partition coefficient (Wildman–Crippen LogP) is 2.37. The summed E-state index contributed by atoms with van der Waals surface area (Å²) in [7, 11) is 0. The van der Waals surface area contributed by atoms with E-state index in [0.29, 0.717) is 18.2 Å². The van der Waals surface area contributed by atoms with Crippen LogP contribution in [0.15, 0.2) is 30.5 Å². The summed E-state index contributed by atoms with van der Waals surface area (Å²) in [6, 6.07) is 8.75. The number of morpholine rings is 1. The molecule has 1 amide bonds. The number of amides is 1. The van der Waals surface area contributed by atoms with E-state index in [1.165, 1.54) is 11.1 Å². The highest BCUT2D eigenvalue weighted by Gasteiger charge is 2.23. The summed E-state index contributed by atoms with van der Waals surface area (Å²) in [5, 5.41) is 3.03. The highest BCUT2D eigenvalue weighted by molar-refractivity contribution is 5.92. The number of aryl methyl sites for hydroxylation is 2. The van der Waals surface area contributed by atoms with E-state index < -0.39 is 0 Å². The lowest BCUT2D eigenvalue weighted by Crippen LogP contribution is -2.38. The number of carbonyl (C=O) groups is 1. The van der Waals surface area contributed by atoms with Crippen molar-refractivity contribution in [3.8, 4) is 0 Å². The van der Waals surface area contributed by atoms with Crippen LogP contribution in [0, 0.1) is 6.92 Å². The van der Waals surface area contributed by atoms with Crippen molar-refractivity contribution >= 4 is 5.91 Å². The fourth-order valence-electron chi connectivity index (χ4n) is 4.17. The quantitative estimate of drug-likeness (QED) is 0.780. The zero-order chi connectivity index (χ0) is 19.3. The topological polar surface area (TPSA) is 59.4 Å². The van der Waals surface area contributed by atoms with Crippen LogP contribution in [0.1, 0.15) is 46.2 Å². The molecule has 4 rings (SSSR count). The fourth-order valence-corrected chi connectivity index (χ4v) is 4.17. The number of carbonyl (C=O) groups excluding carboxylic acids is 1. The lowest BCUT2D eigenvalue weighted by Gasteiger charge is -2.26. The summed E-state index contributed by atoms with van der Waals surface area (Å²) < 4.78 is 7.53. The number of nitrogens with zero attached hydrogens (tertiary/aromatic N) is 3. The molecule has 0 spiro atoms. The molecule has 0 radical (unpaired) electrons. The van der Waals surface area contributed by atoms with Crippen LogP contribution >= 0.6 is 0 Å². The molecule has 2 aliphatic heterocycles. The second-order valence-corrected chi connectivity index (χ2v) is 7.91. The van der Waals surface area contributed by atoms with Crippen LogP contribution in [-0.2, 0) is 17.7 Å². The van der Waals surface area contributed by atoms with Crippen molar-refractivity contribution in [1.82, 2.24) is 19.8 Å². The molecule has 1 N–H and O–H groups in total. The van der Waals surface area contributed by atoms with Gasteiger partial charge in [-0.1, -0.05) is 29.8 Å². The molecule has 2 aliphatic rings. The molecule has 150 valence electrons. The molecule has 6 heteroatoms. The number of fused-ring (bicyclic) bond motifs is 1. The van der Waals surface area contributed by atoms with Gasteiger partial charge in [-0.05, 0) is 31.9 Å². The Morgan fingerprint density at radius 1 is 1.32 bits per heavy atom. The van der Waals surface area contributed by atoms with Crippen LogP contribution in [-0.4, -0.2) is 59.8 Å². The van der Waals surface area contributed by atoms with Gasteiger partial charge in [0.1, 0.15) is 11.5 Å². The first-order valence-electron chi connectivity index (χ1n) is 10.4. The van der Waals surface area contributed by atoms with Crippen molar-refractivity contribution in [2.45, 2.75) is 38.6 Å². The van der Waals surface area contributed by atoms with Crippen molar-refractivity contribution in [3.63, 3.8) is 0 Å². The maximum atomic E-state index is 12.5. The van der Waals surface area contributed by atoms with E-state index in [0.717, 1.165) is 64.5 Å². The minimum absolute atomic E-state index is 0.0593. The monoisotopic (exact) mass is 382 g/mol. The molecule has 0 bridgehead atoms. The van der Waals surface area contributed by atoms with E-state index in [9.17, 15) is 4.79 Å². The van der Waals surface area contributed by atoms with Crippen LogP contribution in [0.3, 0.4) is 0 Å². The van der Waals surface area contributed by atoms with Crippen LogP contribution in [0.5, 0.6) is 0 Å². The number of nitrogens with one attached hydrogen (secondary N) is 1. The highest BCUT2D eigenvalue weighted by Crippen LogP contribution is 2.29. The van der Waals surface area contributed by atoms with Gasteiger partial charge in [0.15, 0.2) is 0 Å². The standard InChI is InChI=1S/C22H30N4O2/c1-17-4-2-5-18(14-17)19-6-7-21-24-20(16-26(21)15-19)22(27)23-8-3-9-25-10-12-28-13-11-25/h2,4-5,14,16,19H,3,6-13,15H2,1H3,(H,23,27)/t19-/m0/s1. The Kier molecular flexibility index (Phi) is 6.07. The molecule has 1 aromatic carbocycles. The summed E-state index contributed by atoms with van der Waals surface area (Å²) in [4.78, 5) is 19.5. The first-order chi connectivity index (χ1) is 13.7. The minimum Gasteiger partial charge on any atom is -0.379 e. The number of benzene rings is 1. The number of hydrogen-bond donors (Lipinski definition) is 1. The van der Waals surface area contributed by atoms with Gasteiger partial charge in [0.05, 0.1) is 13.2 Å². The van der Waals surface area contributed by atoms with Gasteiger partial charge in [-0.25, -0.2) is 4.98 Å². The van der Waals surface area contributed by atoms with Crippen molar-refractivity contribution in [2.75, 3.05) is 39.4 Å². The van der Waals surface area contributed by atoms with Crippen molar-refractivity contribution in [3.05, 3.63) is 53.1 Å². The Morgan fingerprint density at radius 3 is 3.00 bits per heavy atom. The lowest BCUT2D eigenvalue weighted by molar-refractivity contribution is 0.0374. The molecule has 0 aliphatic carbocycles. The smallest absolute Gasteiger partial charge is 0.271 e. The summed E-state index contributed by atoms with van der Waals surface area (Å²) in [5.74, 6) is 1.46. The zero-order valence-corrected chi connectivity index (χ0v) is 16.7. The Labute approximate surface area is 166 Å². The van der Waals surface area contributed by atoms with Crippen molar-refractivity contribution in [1.29, 1.82) is 0 Å². The maximum absolute atomic E-state index is 12.5. The van der Waals surface area contributed by atoms with E-state index in [-0.39, 0.29) is 5.91 Å². The Bertz CT molecular complexity index is 811. The van der Waals surface area contributed by atoms with E-state index in [2.05, 4.69) is 51.0 Å². The molecule has 0 unspecified atom stereocenters. The molecule has 3 heterocycles. The maximum Gasteiger partial charge on any atom is 0.271 e. The number of aromatic nitrogens is 2. The van der Waals surface area contributed by atoms with E-state index >= 15 is 0 Å². The second kappa shape index (κ2) is 8.88. The van der Waals surface area contributed by atoms with E-state index in [4.69, 9.17) is 4.74 Å². The molecule has 1 atom stereocenters. The van der Waals surface area contributed by atoms with Gasteiger partial charge in [-0.15, -0.1) is 0 Å². The zero-order valence-electron chi connectivity index (χ0n) is 16.7.